The van der Waals surface area contributed by atoms with Gasteiger partial charge in [0.05, 0.1) is 6.67 Å². The first-order valence-electron chi connectivity index (χ1n) is 9.89. The topological polar surface area (TPSA) is 47.1 Å². The lowest BCUT2D eigenvalue weighted by atomic mass is 10.1. The largest absolute Gasteiger partial charge is 0.369 e. The van der Waals surface area contributed by atoms with Gasteiger partial charge in [-0.2, -0.15) is 0 Å². The van der Waals surface area contributed by atoms with E-state index >= 15 is 0 Å². The zero-order chi connectivity index (χ0) is 20.5. The number of anilines is 2. The Morgan fingerprint density at radius 3 is 2.28 bits per heavy atom. The maximum Gasteiger partial charge on any atom is 0.333 e. The van der Waals surface area contributed by atoms with Crippen LogP contribution in [0.1, 0.15) is 12.5 Å². The molecule has 2 aromatic rings. The predicted molar refractivity (Wildman–Crippen MR) is 110 cm³/mol. The summed E-state index contributed by atoms with van der Waals surface area (Å²) in [6, 6.07) is 13.0. The molecule has 0 aromatic heterocycles. The number of amides is 3. The van der Waals surface area contributed by atoms with E-state index < -0.39 is 6.04 Å². The first-order chi connectivity index (χ1) is 14.0. The van der Waals surface area contributed by atoms with Crippen molar-refractivity contribution in [3.63, 3.8) is 0 Å². The van der Waals surface area contributed by atoms with Crippen molar-refractivity contribution in [2.75, 3.05) is 42.6 Å². The SMILES string of the molecule is Cc1ccccc1N1CCN(CN2C(=O)C(C)N(c3ccc(F)cc3)C2=O)CC1. The monoisotopic (exact) mass is 396 g/mol. The number of urea groups is 1. The van der Waals surface area contributed by atoms with Gasteiger partial charge in [0.15, 0.2) is 0 Å². The average molecular weight is 396 g/mol. The molecule has 7 heteroatoms. The van der Waals surface area contributed by atoms with Crippen LogP contribution in [0.5, 0.6) is 0 Å². The first kappa shape index (κ1) is 19.4. The highest BCUT2D eigenvalue weighted by Gasteiger charge is 2.44. The summed E-state index contributed by atoms with van der Waals surface area (Å²) >= 11 is 0. The van der Waals surface area contributed by atoms with Crippen LogP contribution in [0.3, 0.4) is 0 Å². The van der Waals surface area contributed by atoms with Crippen molar-refractivity contribution in [2.45, 2.75) is 19.9 Å². The third kappa shape index (κ3) is 3.70. The number of rotatable bonds is 4. The van der Waals surface area contributed by atoms with Crippen LogP contribution in [-0.2, 0) is 4.79 Å². The maximum absolute atomic E-state index is 13.2. The van der Waals surface area contributed by atoms with E-state index in [4.69, 9.17) is 0 Å². The van der Waals surface area contributed by atoms with E-state index in [-0.39, 0.29) is 24.4 Å². The van der Waals surface area contributed by atoms with Crippen molar-refractivity contribution in [2.24, 2.45) is 0 Å². The second-order valence-corrected chi connectivity index (χ2v) is 7.60. The van der Waals surface area contributed by atoms with Gasteiger partial charge in [-0.05, 0) is 49.7 Å². The maximum atomic E-state index is 13.2. The van der Waals surface area contributed by atoms with E-state index in [1.165, 1.54) is 45.3 Å². The number of aryl methyl sites for hydroxylation is 1. The minimum Gasteiger partial charge on any atom is -0.369 e. The van der Waals surface area contributed by atoms with Crippen LogP contribution in [0.2, 0.25) is 0 Å². The van der Waals surface area contributed by atoms with Crippen LogP contribution < -0.4 is 9.80 Å². The van der Waals surface area contributed by atoms with Gasteiger partial charge in [0.2, 0.25) is 0 Å². The highest BCUT2D eigenvalue weighted by atomic mass is 19.1. The number of nitrogens with zero attached hydrogens (tertiary/aromatic N) is 4. The summed E-state index contributed by atoms with van der Waals surface area (Å²) in [5, 5.41) is 0. The lowest BCUT2D eigenvalue weighted by Gasteiger charge is -2.37. The Bertz CT molecular complexity index is 909. The molecule has 0 spiro atoms. The summed E-state index contributed by atoms with van der Waals surface area (Å²) < 4.78 is 13.2. The van der Waals surface area contributed by atoms with E-state index in [0.717, 1.165) is 26.2 Å². The molecular weight excluding hydrogens is 371 g/mol. The summed E-state index contributed by atoms with van der Waals surface area (Å²) in [5.41, 5.74) is 3.01. The molecule has 2 aromatic carbocycles. The Morgan fingerprint density at radius 1 is 0.966 bits per heavy atom. The van der Waals surface area contributed by atoms with Crippen molar-refractivity contribution in [1.82, 2.24) is 9.80 Å². The van der Waals surface area contributed by atoms with Crippen LogP contribution in [0.4, 0.5) is 20.6 Å². The van der Waals surface area contributed by atoms with Crippen molar-refractivity contribution >= 4 is 23.3 Å². The first-order valence-corrected chi connectivity index (χ1v) is 9.89. The minimum atomic E-state index is -0.596. The molecular formula is C22H25FN4O2. The smallest absolute Gasteiger partial charge is 0.333 e. The quantitative estimate of drug-likeness (QED) is 0.746. The number of benzene rings is 2. The molecule has 29 heavy (non-hydrogen) atoms. The molecule has 1 atom stereocenters. The van der Waals surface area contributed by atoms with Crippen LogP contribution in [0, 0.1) is 12.7 Å². The molecule has 0 radical (unpaired) electrons. The Kier molecular flexibility index (Phi) is 5.24. The standard InChI is InChI=1S/C22H25FN4O2/c1-16-5-3-4-6-20(16)25-13-11-24(12-14-25)15-26-21(28)17(2)27(22(26)29)19-9-7-18(23)8-10-19/h3-10,17H,11-15H2,1-2H3. The van der Waals surface area contributed by atoms with Gasteiger partial charge in [-0.15, -0.1) is 0 Å². The van der Waals surface area contributed by atoms with Crippen LogP contribution in [0.15, 0.2) is 48.5 Å². The van der Waals surface area contributed by atoms with Crippen molar-refractivity contribution in [3.8, 4) is 0 Å². The Balaban J connectivity index is 1.41. The van der Waals surface area contributed by atoms with E-state index in [0.29, 0.717) is 5.69 Å². The zero-order valence-corrected chi connectivity index (χ0v) is 16.7. The average Bonchev–Trinajstić information content (AvgIpc) is 2.93. The molecule has 1 unspecified atom stereocenters. The number of carbonyl (C=O) groups is 2. The third-order valence-corrected chi connectivity index (χ3v) is 5.72. The Hall–Kier alpha value is -2.93. The molecule has 2 saturated heterocycles. The van der Waals surface area contributed by atoms with E-state index in [2.05, 4.69) is 28.9 Å². The van der Waals surface area contributed by atoms with Crippen molar-refractivity contribution in [3.05, 3.63) is 59.9 Å². The summed E-state index contributed by atoms with van der Waals surface area (Å²) in [5.74, 6) is -0.594. The summed E-state index contributed by atoms with van der Waals surface area (Å²) in [7, 11) is 0. The predicted octanol–water partition coefficient (Wildman–Crippen LogP) is 3.07. The van der Waals surface area contributed by atoms with E-state index in [1.54, 1.807) is 6.92 Å². The molecule has 2 fully saturated rings. The van der Waals surface area contributed by atoms with Gasteiger partial charge < -0.3 is 4.90 Å². The molecule has 0 saturated carbocycles. The molecule has 0 bridgehead atoms. The molecule has 2 heterocycles. The van der Waals surface area contributed by atoms with E-state index in [1.807, 2.05) is 12.1 Å². The highest BCUT2D eigenvalue weighted by Crippen LogP contribution is 2.27. The minimum absolute atomic E-state index is 0.222. The number of halogens is 1. The Labute approximate surface area is 170 Å². The van der Waals surface area contributed by atoms with Crippen LogP contribution >= 0.6 is 0 Å². The summed E-state index contributed by atoms with van der Waals surface area (Å²) in [6.07, 6.45) is 0. The van der Waals surface area contributed by atoms with Gasteiger partial charge >= 0.3 is 6.03 Å². The molecule has 0 N–H and O–H groups in total. The van der Waals surface area contributed by atoms with Gasteiger partial charge in [-0.3, -0.25) is 14.6 Å². The van der Waals surface area contributed by atoms with Gasteiger partial charge in [0.1, 0.15) is 11.9 Å². The fourth-order valence-electron chi connectivity index (χ4n) is 4.04. The number of hydrogen-bond acceptors (Lipinski definition) is 4. The summed E-state index contributed by atoms with van der Waals surface area (Å²) in [6.45, 7) is 7.33. The van der Waals surface area contributed by atoms with Crippen molar-refractivity contribution < 1.29 is 14.0 Å². The third-order valence-electron chi connectivity index (χ3n) is 5.72. The lowest BCUT2D eigenvalue weighted by molar-refractivity contribution is -0.128. The lowest BCUT2D eigenvalue weighted by Crippen LogP contribution is -2.51. The van der Waals surface area contributed by atoms with Crippen LogP contribution in [-0.4, -0.2) is 60.6 Å². The van der Waals surface area contributed by atoms with Gasteiger partial charge in [-0.25, -0.2) is 14.1 Å². The van der Waals surface area contributed by atoms with Crippen LogP contribution in [0.25, 0.3) is 0 Å². The number of para-hydroxylation sites is 1. The fraction of sp³-hybridized carbons (Fsp3) is 0.364. The van der Waals surface area contributed by atoms with Gasteiger partial charge in [0.25, 0.3) is 5.91 Å². The zero-order valence-electron chi connectivity index (χ0n) is 16.7. The van der Waals surface area contributed by atoms with Gasteiger partial charge in [0, 0.05) is 37.6 Å². The van der Waals surface area contributed by atoms with E-state index in [9.17, 15) is 14.0 Å². The molecule has 3 amide bonds. The van der Waals surface area contributed by atoms with Crippen molar-refractivity contribution in [1.29, 1.82) is 0 Å². The number of carbonyl (C=O) groups excluding carboxylic acids is 2. The van der Waals surface area contributed by atoms with Gasteiger partial charge in [-0.1, -0.05) is 18.2 Å². The molecule has 4 rings (SSSR count). The number of piperazine rings is 1. The second-order valence-electron chi connectivity index (χ2n) is 7.60. The number of hydrogen-bond donors (Lipinski definition) is 0. The Morgan fingerprint density at radius 2 is 1.62 bits per heavy atom. The molecule has 2 aliphatic rings. The number of imide groups is 1. The fourth-order valence-corrected chi connectivity index (χ4v) is 4.04. The normalized spacial score (nSPS) is 20.7. The molecule has 0 aliphatic carbocycles. The molecule has 2 aliphatic heterocycles. The second kappa shape index (κ2) is 7.83. The molecule has 152 valence electrons. The highest BCUT2D eigenvalue weighted by molar-refractivity contribution is 6.14. The summed E-state index contributed by atoms with van der Waals surface area (Å²) in [4.78, 5) is 32.8. The molecule has 6 nitrogen and oxygen atoms in total.